The van der Waals surface area contributed by atoms with Crippen molar-refractivity contribution >= 4 is 15.9 Å². The highest BCUT2D eigenvalue weighted by atomic mass is 32.2. The molecule has 0 saturated heterocycles. The first-order valence-electron chi connectivity index (χ1n) is 7.33. The highest BCUT2D eigenvalue weighted by molar-refractivity contribution is 7.88. The smallest absolute Gasteiger partial charge is 0.223 e. The van der Waals surface area contributed by atoms with Crippen LogP contribution in [-0.4, -0.2) is 38.0 Å². The molecule has 22 heavy (non-hydrogen) atoms. The lowest BCUT2D eigenvalue weighted by molar-refractivity contribution is -0.127. The zero-order valence-corrected chi connectivity index (χ0v) is 13.4. The third kappa shape index (κ3) is 4.78. The van der Waals surface area contributed by atoms with Gasteiger partial charge in [-0.1, -0.05) is 18.6 Å². The molecular formula is C15H21FN2O3S. The third-order valence-corrected chi connectivity index (χ3v) is 5.13. The summed E-state index contributed by atoms with van der Waals surface area (Å²) in [6.07, 6.45) is 4.04. The van der Waals surface area contributed by atoms with E-state index < -0.39 is 10.0 Å². The zero-order valence-electron chi connectivity index (χ0n) is 12.6. The van der Waals surface area contributed by atoms with Crippen LogP contribution in [0.25, 0.3) is 0 Å². The molecule has 0 atom stereocenters. The Kier molecular flexibility index (Phi) is 5.52. The van der Waals surface area contributed by atoms with Crippen LogP contribution in [0.1, 0.15) is 24.8 Å². The van der Waals surface area contributed by atoms with Crippen LogP contribution in [0, 0.1) is 11.7 Å². The molecule has 122 valence electrons. The van der Waals surface area contributed by atoms with E-state index in [1.54, 1.807) is 12.1 Å². The third-order valence-electron chi connectivity index (χ3n) is 3.88. The lowest BCUT2D eigenvalue weighted by Gasteiger charge is -2.25. The first-order valence-corrected chi connectivity index (χ1v) is 9.18. The van der Waals surface area contributed by atoms with E-state index in [-0.39, 0.29) is 37.3 Å². The summed E-state index contributed by atoms with van der Waals surface area (Å²) in [6.45, 7) is 0.649. The van der Waals surface area contributed by atoms with E-state index in [0.29, 0.717) is 5.56 Å². The SMILES string of the molecule is CS(=O)(=O)N(CCNC(=O)C1CCC1)Cc1ccc(F)cc1. The van der Waals surface area contributed by atoms with E-state index in [9.17, 15) is 17.6 Å². The molecule has 2 rings (SSSR count). The molecule has 0 aromatic heterocycles. The molecule has 1 amide bonds. The second-order valence-corrected chi connectivity index (χ2v) is 7.62. The number of benzene rings is 1. The fourth-order valence-corrected chi connectivity index (χ4v) is 3.08. The van der Waals surface area contributed by atoms with Gasteiger partial charge in [0.15, 0.2) is 0 Å². The quantitative estimate of drug-likeness (QED) is 0.825. The van der Waals surface area contributed by atoms with Gasteiger partial charge in [0.2, 0.25) is 15.9 Å². The molecule has 1 aliphatic rings. The van der Waals surface area contributed by atoms with Crippen molar-refractivity contribution in [3.63, 3.8) is 0 Å². The molecule has 0 aliphatic heterocycles. The molecular weight excluding hydrogens is 307 g/mol. The van der Waals surface area contributed by atoms with Gasteiger partial charge in [-0.3, -0.25) is 4.79 Å². The zero-order chi connectivity index (χ0) is 16.2. The van der Waals surface area contributed by atoms with E-state index in [0.717, 1.165) is 25.5 Å². The van der Waals surface area contributed by atoms with Crippen LogP contribution < -0.4 is 5.32 Å². The van der Waals surface area contributed by atoms with Crippen molar-refractivity contribution in [2.75, 3.05) is 19.3 Å². The van der Waals surface area contributed by atoms with Crippen molar-refractivity contribution in [2.45, 2.75) is 25.8 Å². The lowest BCUT2D eigenvalue weighted by Crippen LogP contribution is -2.40. The number of hydrogen-bond donors (Lipinski definition) is 1. The van der Waals surface area contributed by atoms with E-state index in [1.807, 2.05) is 0 Å². The van der Waals surface area contributed by atoms with Crippen LogP contribution in [0.5, 0.6) is 0 Å². The van der Waals surface area contributed by atoms with Crippen molar-refractivity contribution in [2.24, 2.45) is 5.92 Å². The van der Waals surface area contributed by atoms with Crippen LogP contribution in [0.4, 0.5) is 4.39 Å². The second kappa shape index (κ2) is 7.19. The average Bonchev–Trinajstić information content (AvgIpc) is 2.36. The summed E-state index contributed by atoms with van der Waals surface area (Å²) < 4.78 is 37.8. The number of halogens is 1. The number of hydrogen-bond acceptors (Lipinski definition) is 3. The van der Waals surface area contributed by atoms with Gasteiger partial charge in [0, 0.05) is 25.6 Å². The van der Waals surface area contributed by atoms with Crippen molar-refractivity contribution in [1.82, 2.24) is 9.62 Å². The molecule has 0 radical (unpaired) electrons. The van der Waals surface area contributed by atoms with Gasteiger partial charge in [-0.25, -0.2) is 12.8 Å². The minimum Gasteiger partial charge on any atom is -0.355 e. The Morgan fingerprint density at radius 2 is 1.95 bits per heavy atom. The summed E-state index contributed by atoms with van der Waals surface area (Å²) in [5.41, 5.74) is 0.706. The van der Waals surface area contributed by atoms with Crippen molar-refractivity contribution in [1.29, 1.82) is 0 Å². The number of nitrogens with zero attached hydrogens (tertiary/aromatic N) is 1. The number of carbonyl (C=O) groups excluding carboxylic acids is 1. The van der Waals surface area contributed by atoms with E-state index in [2.05, 4.69) is 5.32 Å². The molecule has 1 N–H and O–H groups in total. The Morgan fingerprint density at radius 1 is 1.32 bits per heavy atom. The topological polar surface area (TPSA) is 66.5 Å². The van der Waals surface area contributed by atoms with Gasteiger partial charge in [0.1, 0.15) is 5.82 Å². The Labute approximate surface area is 130 Å². The number of carbonyl (C=O) groups is 1. The van der Waals surface area contributed by atoms with E-state index >= 15 is 0 Å². The maximum absolute atomic E-state index is 12.9. The van der Waals surface area contributed by atoms with Gasteiger partial charge in [-0.2, -0.15) is 4.31 Å². The first-order chi connectivity index (χ1) is 10.4. The van der Waals surface area contributed by atoms with Gasteiger partial charge < -0.3 is 5.32 Å². The van der Waals surface area contributed by atoms with Crippen LogP contribution in [0.15, 0.2) is 24.3 Å². The molecule has 7 heteroatoms. The molecule has 1 aromatic rings. The fraction of sp³-hybridized carbons (Fsp3) is 0.533. The molecule has 0 unspecified atom stereocenters. The maximum Gasteiger partial charge on any atom is 0.223 e. The Morgan fingerprint density at radius 3 is 2.45 bits per heavy atom. The molecule has 1 aromatic carbocycles. The Hall–Kier alpha value is -1.47. The summed E-state index contributed by atoms with van der Waals surface area (Å²) in [5, 5.41) is 2.78. The number of nitrogens with one attached hydrogen (secondary N) is 1. The van der Waals surface area contributed by atoms with Gasteiger partial charge in [-0.15, -0.1) is 0 Å². The highest BCUT2D eigenvalue weighted by Gasteiger charge is 2.25. The Bertz CT molecular complexity index is 612. The van der Waals surface area contributed by atoms with Crippen LogP contribution in [0.2, 0.25) is 0 Å². The first kappa shape index (κ1) is 16.9. The number of sulfonamides is 1. The molecule has 0 heterocycles. The van der Waals surface area contributed by atoms with E-state index in [1.165, 1.54) is 16.4 Å². The summed E-state index contributed by atoms with van der Waals surface area (Å²) in [4.78, 5) is 11.7. The molecule has 1 saturated carbocycles. The normalized spacial score (nSPS) is 15.6. The Balaban J connectivity index is 1.89. The fourth-order valence-electron chi connectivity index (χ4n) is 2.27. The highest BCUT2D eigenvalue weighted by Crippen LogP contribution is 2.26. The van der Waals surface area contributed by atoms with Crippen molar-refractivity contribution in [3.8, 4) is 0 Å². The summed E-state index contributed by atoms with van der Waals surface area (Å²) >= 11 is 0. The molecule has 0 bridgehead atoms. The van der Waals surface area contributed by atoms with Crippen molar-refractivity contribution in [3.05, 3.63) is 35.6 Å². The molecule has 1 fully saturated rings. The molecule has 1 aliphatic carbocycles. The van der Waals surface area contributed by atoms with Crippen LogP contribution >= 0.6 is 0 Å². The molecule has 5 nitrogen and oxygen atoms in total. The minimum atomic E-state index is -3.39. The summed E-state index contributed by atoms with van der Waals surface area (Å²) in [6, 6.07) is 5.71. The average molecular weight is 328 g/mol. The standard InChI is InChI=1S/C15H21FN2O3S/c1-22(20,21)18(11-12-5-7-14(16)8-6-12)10-9-17-15(19)13-3-2-4-13/h5-8,13H,2-4,9-11H2,1H3,(H,17,19). The summed E-state index contributed by atoms with van der Waals surface area (Å²) in [7, 11) is -3.39. The molecule has 0 spiro atoms. The predicted octanol–water partition coefficient (Wildman–Crippen LogP) is 1.50. The van der Waals surface area contributed by atoms with E-state index in [4.69, 9.17) is 0 Å². The monoisotopic (exact) mass is 328 g/mol. The van der Waals surface area contributed by atoms with Gasteiger partial charge in [0.25, 0.3) is 0 Å². The van der Waals surface area contributed by atoms with Crippen molar-refractivity contribution < 1.29 is 17.6 Å². The maximum atomic E-state index is 12.9. The lowest BCUT2D eigenvalue weighted by atomic mass is 9.85. The number of amides is 1. The van der Waals surface area contributed by atoms with Gasteiger partial charge in [-0.05, 0) is 30.5 Å². The largest absolute Gasteiger partial charge is 0.355 e. The number of rotatable bonds is 7. The van der Waals surface area contributed by atoms with Gasteiger partial charge >= 0.3 is 0 Å². The van der Waals surface area contributed by atoms with Gasteiger partial charge in [0.05, 0.1) is 6.26 Å². The summed E-state index contributed by atoms with van der Waals surface area (Å²) in [5.74, 6) is -0.271. The van der Waals surface area contributed by atoms with Crippen LogP contribution in [0.3, 0.4) is 0 Å². The predicted molar refractivity (Wildman–Crippen MR) is 82.0 cm³/mol. The second-order valence-electron chi connectivity index (χ2n) is 5.64. The van der Waals surface area contributed by atoms with Crippen LogP contribution in [-0.2, 0) is 21.4 Å². The minimum absolute atomic E-state index is 0.00137.